The van der Waals surface area contributed by atoms with Gasteiger partial charge in [-0.3, -0.25) is 14.9 Å². The minimum atomic E-state index is -0.761. The first-order valence-electron chi connectivity index (χ1n) is 10.9. The van der Waals surface area contributed by atoms with E-state index in [1.54, 1.807) is 19.1 Å². The summed E-state index contributed by atoms with van der Waals surface area (Å²) in [5.41, 5.74) is 2.35. The molecule has 0 spiro atoms. The number of fused-ring (bicyclic) bond motifs is 1. The topological polar surface area (TPSA) is 108 Å². The van der Waals surface area contributed by atoms with E-state index in [2.05, 4.69) is 0 Å². The molecule has 3 aromatic carbocycles. The fourth-order valence-corrected chi connectivity index (χ4v) is 4.40. The standard InChI is InChI=1S/C26H24N2O7/c1-33-22-14-17-9-10-27(24(16-7-5-4-6-8-16)21(17)15-23(22)34-2)25(29)18-11-19(26(30)35-3)13-20(12-18)28(31)32/h4-8,11-15,24H,9-10H2,1-3H3. The summed E-state index contributed by atoms with van der Waals surface area (Å²) in [6.07, 6.45) is 0.545. The normalized spacial score (nSPS) is 14.6. The molecule has 180 valence electrons. The predicted molar refractivity (Wildman–Crippen MR) is 127 cm³/mol. The van der Waals surface area contributed by atoms with Crippen LogP contribution in [0.2, 0.25) is 0 Å². The molecule has 1 amide bonds. The van der Waals surface area contributed by atoms with E-state index < -0.39 is 22.8 Å². The van der Waals surface area contributed by atoms with Crippen molar-refractivity contribution in [2.24, 2.45) is 0 Å². The van der Waals surface area contributed by atoms with Gasteiger partial charge >= 0.3 is 5.97 Å². The monoisotopic (exact) mass is 476 g/mol. The average Bonchev–Trinajstić information content (AvgIpc) is 2.90. The summed E-state index contributed by atoms with van der Waals surface area (Å²) in [7, 11) is 4.29. The van der Waals surface area contributed by atoms with Crippen molar-refractivity contribution in [1.82, 2.24) is 4.90 Å². The number of ether oxygens (including phenoxy) is 3. The van der Waals surface area contributed by atoms with Gasteiger partial charge in [-0.25, -0.2) is 4.79 Å². The number of amides is 1. The molecule has 0 bridgehead atoms. The third-order valence-electron chi connectivity index (χ3n) is 6.05. The summed E-state index contributed by atoms with van der Waals surface area (Å²) in [5, 5.41) is 11.5. The number of hydrogen-bond donors (Lipinski definition) is 0. The maximum Gasteiger partial charge on any atom is 0.338 e. The summed E-state index contributed by atoms with van der Waals surface area (Å²) in [6.45, 7) is 0.358. The lowest BCUT2D eigenvalue weighted by Crippen LogP contribution is -2.40. The molecule has 1 aliphatic rings. The zero-order valence-electron chi connectivity index (χ0n) is 19.5. The van der Waals surface area contributed by atoms with Crippen LogP contribution in [0.4, 0.5) is 5.69 Å². The van der Waals surface area contributed by atoms with Crippen LogP contribution in [0.3, 0.4) is 0 Å². The van der Waals surface area contributed by atoms with Crippen molar-refractivity contribution < 1.29 is 28.7 Å². The number of methoxy groups -OCH3 is 3. The molecule has 35 heavy (non-hydrogen) atoms. The lowest BCUT2D eigenvalue weighted by Gasteiger charge is -2.38. The van der Waals surface area contributed by atoms with Crippen LogP contribution in [-0.4, -0.2) is 49.6 Å². The van der Waals surface area contributed by atoms with Gasteiger partial charge in [0.25, 0.3) is 11.6 Å². The average molecular weight is 476 g/mol. The zero-order chi connectivity index (χ0) is 25.1. The van der Waals surface area contributed by atoms with Crippen LogP contribution in [-0.2, 0) is 11.2 Å². The molecule has 9 nitrogen and oxygen atoms in total. The van der Waals surface area contributed by atoms with E-state index in [-0.39, 0.29) is 16.8 Å². The van der Waals surface area contributed by atoms with Crippen molar-refractivity contribution in [2.75, 3.05) is 27.9 Å². The Hall–Kier alpha value is -4.40. The number of non-ortho nitro benzene ring substituents is 1. The molecule has 1 aliphatic heterocycles. The first-order chi connectivity index (χ1) is 16.9. The van der Waals surface area contributed by atoms with E-state index in [0.717, 1.165) is 22.8 Å². The fraction of sp³-hybridized carbons (Fsp3) is 0.231. The molecule has 9 heteroatoms. The predicted octanol–water partition coefficient (Wildman–Crippen LogP) is 4.19. The second-order valence-corrected chi connectivity index (χ2v) is 7.99. The molecule has 0 N–H and O–H groups in total. The number of nitrogens with zero attached hydrogens (tertiary/aromatic N) is 2. The van der Waals surface area contributed by atoms with Crippen molar-refractivity contribution in [2.45, 2.75) is 12.5 Å². The lowest BCUT2D eigenvalue weighted by molar-refractivity contribution is -0.384. The summed E-state index contributed by atoms with van der Waals surface area (Å²) in [4.78, 5) is 38.4. The number of hydrogen-bond acceptors (Lipinski definition) is 7. The summed E-state index contributed by atoms with van der Waals surface area (Å²) < 4.78 is 15.7. The highest BCUT2D eigenvalue weighted by Crippen LogP contribution is 2.41. The molecule has 0 aromatic heterocycles. The number of nitro benzene ring substituents is 1. The smallest absolute Gasteiger partial charge is 0.338 e. The van der Waals surface area contributed by atoms with Crippen molar-refractivity contribution in [3.05, 3.63) is 98.6 Å². The molecule has 0 fully saturated rings. The minimum absolute atomic E-state index is 0.0319. The Morgan fingerprint density at radius 3 is 2.23 bits per heavy atom. The second kappa shape index (κ2) is 9.84. The Morgan fingerprint density at radius 2 is 1.60 bits per heavy atom. The van der Waals surface area contributed by atoms with Gasteiger partial charge in [-0.05, 0) is 41.3 Å². The number of rotatable bonds is 6. The molecule has 0 saturated carbocycles. The van der Waals surface area contributed by atoms with E-state index in [0.29, 0.717) is 24.5 Å². The third kappa shape index (κ3) is 4.52. The van der Waals surface area contributed by atoms with E-state index in [9.17, 15) is 19.7 Å². The SMILES string of the molecule is COC(=O)c1cc(C(=O)N2CCc3cc(OC)c(OC)cc3C2c2ccccc2)cc([N+](=O)[O-])c1. The summed E-state index contributed by atoms with van der Waals surface area (Å²) in [5.74, 6) is -0.0691. The Morgan fingerprint density at radius 1 is 0.943 bits per heavy atom. The third-order valence-corrected chi connectivity index (χ3v) is 6.05. The highest BCUT2D eigenvalue weighted by atomic mass is 16.6. The number of benzene rings is 3. The van der Waals surface area contributed by atoms with Crippen LogP contribution >= 0.6 is 0 Å². The molecule has 1 heterocycles. The quantitative estimate of drug-likeness (QED) is 0.298. The Balaban J connectivity index is 1.85. The lowest BCUT2D eigenvalue weighted by atomic mass is 9.87. The van der Waals surface area contributed by atoms with Crippen LogP contribution in [0.1, 0.15) is 43.4 Å². The second-order valence-electron chi connectivity index (χ2n) is 7.99. The molecular formula is C26H24N2O7. The van der Waals surface area contributed by atoms with Crippen molar-refractivity contribution in [1.29, 1.82) is 0 Å². The zero-order valence-corrected chi connectivity index (χ0v) is 19.5. The molecule has 1 atom stereocenters. The number of nitro groups is 1. The number of esters is 1. The fourth-order valence-electron chi connectivity index (χ4n) is 4.40. The van der Waals surface area contributed by atoms with Crippen molar-refractivity contribution in [3.8, 4) is 11.5 Å². The first-order valence-corrected chi connectivity index (χ1v) is 10.9. The van der Waals surface area contributed by atoms with Crippen molar-refractivity contribution >= 4 is 17.6 Å². The van der Waals surface area contributed by atoms with Crippen LogP contribution in [0.5, 0.6) is 11.5 Å². The molecular weight excluding hydrogens is 452 g/mol. The van der Waals surface area contributed by atoms with Gasteiger partial charge in [0.15, 0.2) is 11.5 Å². The van der Waals surface area contributed by atoms with Gasteiger partial charge in [-0.15, -0.1) is 0 Å². The van der Waals surface area contributed by atoms with Crippen molar-refractivity contribution in [3.63, 3.8) is 0 Å². The van der Waals surface area contributed by atoms with Gasteiger partial charge < -0.3 is 19.1 Å². The molecule has 0 aliphatic carbocycles. The first kappa shape index (κ1) is 23.7. The van der Waals surface area contributed by atoms with E-state index in [1.165, 1.54) is 19.2 Å². The van der Waals surface area contributed by atoms with E-state index in [4.69, 9.17) is 14.2 Å². The maximum absolute atomic E-state index is 13.8. The molecule has 1 unspecified atom stereocenters. The van der Waals surface area contributed by atoms with Gasteiger partial charge in [-0.1, -0.05) is 30.3 Å². The van der Waals surface area contributed by atoms with Gasteiger partial charge in [0.05, 0.1) is 37.9 Å². The molecule has 4 rings (SSSR count). The van der Waals surface area contributed by atoms with Gasteiger partial charge in [0.2, 0.25) is 0 Å². The van der Waals surface area contributed by atoms with Gasteiger partial charge in [0, 0.05) is 24.2 Å². The van der Waals surface area contributed by atoms with E-state index in [1.807, 2.05) is 42.5 Å². The largest absolute Gasteiger partial charge is 0.493 e. The Kier molecular flexibility index (Phi) is 6.68. The Labute approximate surface area is 202 Å². The van der Waals surface area contributed by atoms with Gasteiger partial charge in [0.1, 0.15) is 0 Å². The summed E-state index contributed by atoms with van der Waals surface area (Å²) in [6, 6.07) is 16.4. The minimum Gasteiger partial charge on any atom is -0.493 e. The van der Waals surface area contributed by atoms with Gasteiger partial charge in [-0.2, -0.15) is 0 Å². The van der Waals surface area contributed by atoms with Crippen LogP contribution < -0.4 is 9.47 Å². The number of carbonyl (C=O) groups is 2. The molecule has 0 saturated heterocycles. The highest BCUT2D eigenvalue weighted by Gasteiger charge is 2.34. The molecule has 0 radical (unpaired) electrons. The van der Waals surface area contributed by atoms with Crippen LogP contribution in [0.15, 0.2) is 60.7 Å². The highest BCUT2D eigenvalue weighted by molar-refractivity contribution is 5.99. The van der Waals surface area contributed by atoms with Crippen LogP contribution in [0.25, 0.3) is 0 Å². The number of carbonyl (C=O) groups excluding carboxylic acids is 2. The van der Waals surface area contributed by atoms with E-state index >= 15 is 0 Å². The Bertz CT molecular complexity index is 1290. The molecule has 3 aromatic rings. The van der Waals surface area contributed by atoms with Crippen LogP contribution in [0, 0.1) is 10.1 Å². The maximum atomic E-state index is 13.8. The summed E-state index contributed by atoms with van der Waals surface area (Å²) >= 11 is 0.